The second-order valence-electron chi connectivity index (χ2n) is 7.61. The van der Waals surface area contributed by atoms with Crippen molar-refractivity contribution in [3.63, 3.8) is 0 Å². The van der Waals surface area contributed by atoms with E-state index in [-0.39, 0.29) is 29.5 Å². The lowest BCUT2D eigenvalue weighted by atomic mass is 10.0. The van der Waals surface area contributed by atoms with Gasteiger partial charge >= 0.3 is 0 Å². The van der Waals surface area contributed by atoms with Gasteiger partial charge in [0, 0.05) is 42.7 Å². The lowest BCUT2D eigenvalue weighted by molar-refractivity contribution is -0.00834. The Morgan fingerprint density at radius 3 is 2.57 bits per heavy atom. The number of guanidine groups is 1. The Bertz CT molecular complexity index is 782. The maximum atomic E-state index is 5.98. The molecule has 0 saturated carbocycles. The van der Waals surface area contributed by atoms with E-state index in [1.165, 1.54) is 5.56 Å². The largest absolute Gasteiger partial charge is 0.459 e. The number of hydrogen-bond acceptors (Lipinski definition) is 4. The summed E-state index contributed by atoms with van der Waals surface area (Å²) in [6.45, 7) is 14.4. The number of furan rings is 1. The zero-order valence-electron chi connectivity index (χ0n) is 17.4. The predicted octanol–water partition coefficient (Wildman–Crippen LogP) is 3.53. The molecule has 0 bridgehead atoms. The summed E-state index contributed by atoms with van der Waals surface area (Å²) < 4.78 is 11.5. The van der Waals surface area contributed by atoms with E-state index in [0.717, 1.165) is 62.1 Å². The summed E-state index contributed by atoms with van der Waals surface area (Å²) in [5.74, 6) is 1.74. The number of para-hydroxylation sites is 1. The fraction of sp³-hybridized carbons (Fsp3) is 0.571. The molecule has 2 aromatic rings. The number of morpholine rings is 1. The zero-order valence-corrected chi connectivity index (χ0v) is 19.7. The van der Waals surface area contributed by atoms with Gasteiger partial charge in [0.05, 0.1) is 13.2 Å². The monoisotopic (exact) mass is 500 g/mol. The number of hydrogen-bond donors (Lipinski definition) is 2. The molecule has 2 heterocycles. The second kappa shape index (κ2) is 10.5. The Morgan fingerprint density at radius 1 is 1.18 bits per heavy atom. The molecule has 1 aliphatic rings. The molecule has 0 atom stereocenters. The number of aliphatic imine (C=N–C) groups is 1. The lowest BCUT2D eigenvalue weighted by Crippen LogP contribution is -2.56. The maximum Gasteiger partial charge on any atom is 0.191 e. The van der Waals surface area contributed by atoms with Gasteiger partial charge in [-0.2, -0.15) is 0 Å². The number of rotatable bonds is 6. The van der Waals surface area contributed by atoms with Crippen LogP contribution in [0.3, 0.4) is 0 Å². The highest BCUT2D eigenvalue weighted by atomic mass is 127. The maximum absolute atomic E-state index is 5.98. The van der Waals surface area contributed by atoms with E-state index < -0.39 is 0 Å². The molecule has 1 saturated heterocycles. The molecule has 7 heteroatoms. The van der Waals surface area contributed by atoms with Crippen LogP contribution in [0.25, 0.3) is 11.0 Å². The van der Waals surface area contributed by atoms with Crippen LogP contribution >= 0.6 is 24.0 Å². The van der Waals surface area contributed by atoms with Crippen molar-refractivity contribution in [1.29, 1.82) is 0 Å². The molecule has 156 valence electrons. The summed E-state index contributed by atoms with van der Waals surface area (Å²) in [5.41, 5.74) is 2.13. The Hall–Kier alpha value is -1.32. The van der Waals surface area contributed by atoms with Crippen LogP contribution in [-0.2, 0) is 11.3 Å². The average molecular weight is 500 g/mol. The van der Waals surface area contributed by atoms with Crippen LogP contribution in [0.5, 0.6) is 0 Å². The smallest absolute Gasteiger partial charge is 0.191 e. The van der Waals surface area contributed by atoms with Gasteiger partial charge < -0.3 is 19.8 Å². The quantitative estimate of drug-likeness (QED) is 0.361. The van der Waals surface area contributed by atoms with Crippen LogP contribution in [-0.4, -0.2) is 55.8 Å². The Balaban J connectivity index is 0.00000280. The zero-order chi connectivity index (χ0) is 19.3. The third-order valence-corrected chi connectivity index (χ3v) is 5.22. The molecule has 1 aromatic heterocycles. The van der Waals surface area contributed by atoms with E-state index >= 15 is 0 Å². The van der Waals surface area contributed by atoms with Crippen molar-refractivity contribution in [1.82, 2.24) is 15.5 Å². The van der Waals surface area contributed by atoms with Gasteiger partial charge in [0.2, 0.25) is 0 Å². The number of halogens is 1. The Kier molecular flexibility index (Phi) is 8.57. The molecule has 0 unspecified atom stereocenters. The van der Waals surface area contributed by atoms with Gasteiger partial charge in [-0.1, -0.05) is 18.2 Å². The van der Waals surface area contributed by atoms with Crippen LogP contribution in [0.1, 0.15) is 32.1 Å². The van der Waals surface area contributed by atoms with Crippen LogP contribution in [0.15, 0.2) is 33.7 Å². The summed E-state index contributed by atoms with van der Waals surface area (Å²) in [5, 5.41) is 7.99. The van der Waals surface area contributed by atoms with Crippen LogP contribution in [0, 0.1) is 6.92 Å². The minimum atomic E-state index is 0. The molecule has 1 fully saturated rings. The van der Waals surface area contributed by atoms with Crippen molar-refractivity contribution in [3.8, 4) is 0 Å². The third-order valence-electron chi connectivity index (χ3n) is 5.22. The van der Waals surface area contributed by atoms with Gasteiger partial charge in [0.1, 0.15) is 17.9 Å². The number of fused-ring (bicyclic) bond motifs is 1. The Morgan fingerprint density at radius 2 is 1.89 bits per heavy atom. The van der Waals surface area contributed by atoms with Crippen molar-refractivity contribution in [2.45, 2.75) is 39.8 Å². The molecule has 0 radical (unpaired) electrons. The van der Waals surface area contributed by atoms with Crippen LogP contribution in [0.2, 0.25) is 0 Å². The first-order valence-corrected chi connectivity index (χ1v) is 9.83. The van der Waals surface area contributed by atoms with Gasteiger partial charge in [-0.15, -0.1) is 24.0 Å². The van der Waals surface area contributed by atoms with Crippen molar-refractivity contribution >= 4 is 40.9 Å². The molecule has 1 aromatic carbocycles. The normalized spacial score (nSPS) is 16.1. The first kappa shape index (κ1) is 23.0. The topological polar surface area (TPSA) is 62.0 Å². The van der Waals surface area contributed by atoms with Gasteiger partial charge in [-0.05, 0) is 33.8 Å². The van der Waals surface area contributed by atoms with Crippen molar-refractivity contribution in [2.24, 2.45) is 4.99 Å². The van der Waals surface area contributed by atoms with E-state index in [0.29, 0.717) is 6.54 Å². The van der Waals surface area contributed by atoms with Gasteiger partial charge in [-0.3, -0.25) is 4.90 Å². The minimum Gasteiger partial charge on any atom is -0.459 e. The highest BCUT2D eigenvalue weighted by Gasteiger charge is 2.28. The second-order valence-corrected chi connectivity index (χ2v) is 7.61. The number of benzene rings is 1. The van der Waals surface area contributed by atoms with E-state index in [1.54, 1.807) is 0 Å². The van der Waals surface area contributed by atoms with E-state index in [1.807, 2.05) is 18.2 Å². The number of nitrogens with one attached hydrogen (secondary N) is 2. The minimum absolute atomic E-state index is 0. The third kappa shape index (κ3) is 5.61. The van der Waals surface area contributed by atoms with Crippen LogP contribution in [0.4, 0.5) is 0 Å². The van der Waals surface area contributed by atoms with Gasteiger partial charge in [0.25, 0.3) is 0 Å². The Labute approximate surface area is 185 Å². The fourth-order valence-electron chi connectivity index (χ4n) is 3.45. The molecular weight excluding hydrogens is 467 g/mol. The summed E-state index contributed by atoms with van der Waals surface area (Å²) >= 11 is 0. The number of aryl methyl sites for hydroxylation is 1. The van der Waals surface area contributed by atoms with Crippen molar-refractivity contribution in [2.75, 3.05) is 39.4 Å². The summed E-state index contributed by atoms with van der Waals surface area (Å²) in [6, 6.07) is 8.13. The molecule has 3 rings (SSSR count). The summed E-state index contributed by atoms with van der Waals surface area (Å²) in [4.78, 5) is 7.21. The molecular formula is C21H33IN4O2. The SMILES string of the molecule is CCNC(=NCc1oc2ccccc2c1C)NCC(C)(C)N1CCOCC1.I. The van der Waals surface area contributed by atoms with Gasteiger partial charge in [-0.25, -0.2) is 4.99 Å². The van der Waals surface area contributed by atoms with Gasteiger partial charge in [0.15, 0.2) is 5.96 Å². The van der Waals surface area contributed by atoms with E-state index in [2.05, 4.69) is 49.3 Å². The summed E-state index contributed by atoms with van der Waals surface area (Å²) in [7, 11) is 0. The molecule has 0 amide bonds. The van der Waals surface area contributed by atoms with E-state index in [9.17, 15) is 0 Å². The molecule has 1 aliphatic heterocycles. The number of ether oxygens (including phenoxy) is 1. The van der Waals surface area contributed by atoms with Crippen molar-refractivity contribution in [3.05, 3.63) is 35.6 Å². The molecule has 6 nitrogen and oxygen atoms in total. The predicted molar refractivity (Wildman–Crippen MR) is 126 cm³/mol. The number of nitrogens with zero attached hydrogens (tertiary/aromatic N) is 2. The van der Waals surface area contributed by atoms with E-state index in [4.69, 9.17) is 14.1 Å². The molecule has 2 N–H and O–H groups in total. The first-order valence-electron chi connectivity index (χ1n) is 9.83. The van der Waals surface area contributed by atoms with Crippen LogP contribution < -0.4 is 10.6 Å². The first-order chi connectivity index (χ1) is 13.0. The van der Waals surface area contributed by atoms with Crippen molar-refractivity contribution < 1.29 is 9.15 Å². The molecule has 0 spiro atoms. The highest BCUT2D eigenvalue weighted by Crippen LogP contribution is 2.25. The standard InChI is InChI=1S/C21H32N4O2.HI/c1-5-22-20(24-15-21(3,4)25-10-12-26-13-11-25)23-14-19-16(2)17-8-6-7-9-18(17)27-19;/h6-9H,5,10-15H2,1-4H3,(H2,22,23,24);1H. The molecule has 28 heavy (non-hydrogen) atoms. The summed E-state index contributed by atoms with van der Waals surface area (Å²) in [6.07, 6.45) is 0. The lowest BCUT2D eigenvalue weighted by Gasteiger charge is -2.41. The average Bonchev–Trinajstić information content (AvgIpc) is 3.01. The molecule has 0 aliphatic carbocycles. The fourth-order valence-corrected chi connectivity index (χ4v) is 3.45. The highest BCUT2D eigenvalue weighted by molar-refractivity contribution is 14.0.